The predicted molar refractivity (Wildman–Crippen MR) is 54.1 cm³/mol. The van der Waals surface area contributed by atoms with Gasteiger partial charge in [0.2, 0.25) is 0 Å². The van der Waals surface area contributed by atoms with Gasteiger partial charge in [-0.2, -0.15) is 13.2 Å². The average molecular weight is 237 g/mol. The summed E-state index contributed by atoms with van der Waals surface area (Å²) in [5.74, 6) is 0.440. The van der Waals surface area contributed by atoms with Gasteiger partial charge in [-0.25, -0.2) is 0 Å². The molecule has 2 saturated heterocycles. The number of rotatable bonds is 2. The molecule has 0 N–H and O–H groups in total. The van der Waals surface area contributed by atoms with Crippen LogP contribution in [0.15, 0.2) is 0 Å². The summed E-state index contributed by atoms with van der Waals surface area (Å²) in [4.78, 5) is 1.95. The molecule has 2 fully saturated rings. The Morgan fingerprint density at radius 3 is 2.56 bits per heavy atom. The standard InChI is InChI=1S/C11H18F3NO/c1-10(11(12,13)14)3-2-4-15(8-10)5-9-6-16-7-9/h9H,2-8H2,1H3. The quantitative estimate of drug-likeness (QED) is 0.730. The fourth-order valence-electron chi connectivity index (χ4n) is 2.49. The van der Waals surface area contributed by atoms with Crippen molar-refractivity contribution in [3.8, 4) is 0 Å². The first kappa shape index (κ1) is 12.2. The van der Waals surface area contributed by atoms with E-state index in [9.17, 15) is 13.2 Å². The van der Waals surface area contributed by atoms with Crippen LogP contribution in [-0.2, 0) is 4.74 Å². The van der Waals surface area contributed by atoms with Crippen molar-refractivity contribution >= 4 is 0 Å². The third-order valence-corrected chi connectivity index (χ3v) is 3.68. The lowest BCUT2D eigenvalue weighted by Gasteiger charge is -2.43. The summed E-state index contributed by atoms with van der Waals surface area (Å²) in [6.45, 7) is 4.45. The van der Waals surface area contributed by atoms with Gasteiger partial charge in [-0.15, -0.1) is 0 Å². The zero-order chi connectivity index (χ0) is 11.8. The highest BCUT2D eigenvalue weighted by atomic mass is 19.4. The molecule has 2 rings (SSSR count). The smallest absolute Gasteiger partial charge is 0.381 e. The molecule has 0 bridgehead atoms. The molecule has 0 saturated carbocycles. The molecular weight excluding hydrogens is 219 g/mol. The van der Waals surface area contributed by atoms with Crippen molar-refractivity contribution in [1.82, 2.24) is 4.90 Å². The second kappa shape index (κ2) is 4.18. The van der Waals surface area contributed by atoms with Gasteiger partial charge in [0.1, 0.15) is 0 Å². The van der Waals surface area contributed by atoms with Crippen LogP contribution in [0, 0.1) is 11.3 Å². The predicted octanol–water partition coefficient (Wildman–Crippen LogP) is 2.30. The largest absolute Gasteiger partial charge is 0.395 e. The Labute approximate surface area is 93.7 Å². The summed E-state index contributed by atoms with van der Waals surface area (Å²) < 4.78 is 43.7. The highest BCUT2D eigenvalue weighted by molar-refractivity contribution is 4.90. The Kier molecular flexibility index (Phi) is 3.18. The first-order chi connectivity index (χ1) is 7.41. The summed E-state index contributed by atoms with van der Waals surface area (Å²) in [6, 6.07) is 0. The fourth-order valence-corrected chi connectivity index (χ4v) is 2.49. The first-order valence-corrected chi connectivity index (χ1v) is 5.77. The van der Waals surface area contributed by atoms with E-state index in [0.717, 1.165) is 13.1 Å². The molecule has 0 aromatic rings. The van der Waals surface area contributed by atoms with Crippen molar-refractivity contribution in [2.45, 2.75) is 25.9 Å². The van der Waals surface area contributed by atoms with E-state index in [1.165, 1.54) is 6.92 Å². The van der Waals surface area contributed by atoms with Crippen LogP contribution in [0.2, 0.25) is 0 Å². The maximum atomic E-state index is 12.9. The van der Waals surface area contributed by atoms with E-state index in [1.54, 1.807) is 0 Å². The number of hydrogen-bond acceptors (Lipinski definition) is 2. The van der Waals surface area contributed by atoms with E-state index in [0.29, 0.717) is 25.6 Å². The lowest BCUT2D eigenvalue weighted by Crippen LogP contribution is -2.52. The molecule has 2 aliphatic heterocycles. The Morgan fingerprint density at radius 1 is 1.38 bits per heavy atom. The average Bonchev–Trinajstić information content (AvgIpc) is 2.10. The third-order valence-electron chi connectivity index (χ3n) is 3.68. The minimum absolute atomic E-state index is 0.146. The van der Waals surface area contributed by atoms with Gasteiger partial charge in [-0.05, 0) is 26.3 Å². The lowest BCUT2D eigenvalue weighted by atomic mass is 9.81. The zero-order valence-corrected chi connectivity index (χ0v) is 9.52. The van der Waals surface area contributed by atoms with Crippen molar-refractivity contribution in [3.63, 3.8) is 0 Å². The van der Waals surface area contributed by atoms with Crippen LogP contribution in [0.5, 0.6) is 0 Å². The molecule has 94 valence electrons. The Morgan fingerprint density at radius 2 is 2.06 bits per heavy atom. The molecule has 2 heterocycles. The lowest BCUT2D eigenvalue weighted by molar-refractivity contribution is -0.234. The molecule has 0 aliphatic carbocycles. The topological polar surface area (TPSA) is 12.5 Å². The molecule has 5 heteroatoms. The van der Waals surface area contributed by atoms with Crippen LogP contribution in [-0.4, -0.2) is 43.9 Å². The van der Waals surface area contributed by atoms with Gasteiger partial charge in [0.15, 0.2) is 0 Å². The molecule has 1 unspecified atom stereocenters. The third kappa shape index (κ3) is 2.35. The Hall–Kier alpha value is -0.290. The summed E-state index contributed by atoms with van der Waals surface area (Å²) in [7, 11) is 0. The number of halogens is 3. The van der Waals surface area contributed by atoms with Crippen molar-refractivity contribution in [1.29, 1.82) is 0 Å². The van der Waals surface area contributed by atoms with E-state index < -0.39 is 11.6 Å². The maximum Gasteiger partial charge on any atom is 0.395 e. The van der Waals surface area contributed by atoms with Gasteiger partial charge in [0.25, 0.3) is 0 Å². The molecule has 1 atom stereocenters. The van der Waals surface area contributed by atoms with Crippen LogP contribution in [0.25, 0.3) is 0 Å². The minimum Gasteiger partial charge on any atom is -0.381 e. The van der Waals surface area contributed by atoms with E-state index in [1.807, 2.05) is 4.90 Å². The van der Waals surface area contributed by atoms with E-state index in [2.05, 4.69) is 0 Å². The number of alkyl halides is 3. The van der Waals surface area contributed by atoms with Crippen molar-refractivity contribution in [3.05, 3.63) is 0 Å². The fraction of sp³-hybridized carbons (Fsp3) is 1.00. The van der Waals surface area contributed by atoms with Gasteiger partial charge in [-0.3, -0.25) is 0 Å². The maximum absolute atomic E-state index is 12.9. The number of likely N-dealkylation sites (tertiary alicyclic amines) is 1. The van der Waals surface area contributed by atoms with Crippen LogP contribution in [0.1, 0.15) is 19.8 Å². The van der Waals surface area contributed by atoms with Crippen molar-refractivity contribution in [2.75, 3.05) is 32.8 Å². The highest BCUT2D eigenvalue weighted by Crippen LogP contribution is 2.44. The first-order valence-electron chi connectivity index (χ1n) is 5.77. The second-order valence-electron chi connectivity index (χ2n) is 5.30. The van der Waals surface area contributed by atoms with Crippen LogP contribution >= 0.6 is 0 Å². The van der Waals surface area contributed by atoms with Gasteiger partial charge in [0, 0.05) is 19.0 Å². The van der Waals surface area contributed by atoms with Gasteiger partial charge >= 0.3 is 6.18 Å². The normalized spacial score (nSPS) is 33.8. The molecule has 16 heavy (non-hydrogen) atoms. The molecule has 0 spiro atoms. The molecular formula is C11H18F3NO. The summed E-state index contributed by atoms with van der Waals surface area (Å²) in [5.41, 5.74) is -1.52. The van der Waals surface area contributed by atoms with Crippen LogP contribution in [0.4, 0.5) is 13.2 Å². The molecule has 0 radical (unpaired) electrons. The molecule has 2 aliphatic rings. The summed E-state index contributed by atoms with van der Waals surface area (Å²) in [6.07, 6.45) is -3.18. The molecule has 0 amide bonds. The van der Waals surface area contributed by atoms with Crippen molar-refractivity contribution in [2.24, 2.45) is 11.3 Å². The zero-order valence-electron chi connectivity index (χ0n) is 9.52. The highest BCUT2D eigenvalue weighted by Gasteiger charge is 2.52. The van der Waals surface area contributed by atoms with Gasteiger partial charge in [-0.1, -0.05) is 0 Å². The monoisotopic (exact) mass is 237 g/mol. The molecule has 0 aromatic carbocycles. The Bertz CT molecular complexity index is 252. The number of hydrogen-bond donors (Lipinski definition) is 0. The Balaban J connectivity index is 1.92. The van der Waals surface area contributed by atoms with E-state index >= 15 is 0 Å². The summed E-state index contributed by atoms with van der Waals surface area (Å²) >= 11 is 0. The SMILES string of the molecule is CC1(C(F)(F)F)CCCN(CC2COC2)C1. The molecule has 2 nitrogen and oxygen atoms in total. The van der Waals surface area contributed by atoms with Crippen LogP contribution < -0.4 is 0 Å². The number of nitrogens with zero attached hydrogens (tertiary/aromatic N) is 1. The number of piperidine rings is 1. The summed E-state index contributed by atoms with van der Waals surface area (Å²) in [5, 5.41) is 0. The van der Waals surface area contributed by atoms with Gasteiger partial charge < -0.3 is 9.64 Å². The van der Waals surface area contributed by atoms with Crippen molar-refractivity contribution < 1.29 is 17.9 Å². The number of ether oxygens (including phenoxy) is 1. The van der Waals surface area contributed by atoms with Crippen LogP contribution in [0.3, 0.4) is 0 Å². The second-order valence-corrected chi connectivity index (χ2v) is 5.30. The van der Waals surface area contributed by atoms with E-state index in [-0.39, 0.29) is 13.0 Å². The minimum atomic E-state index is -4.08. The molecule has 0 aromatic heterocycles. The van der Waals surface area contributed by atoms with E-state index in [4.69, 9.17) is 4.74 Å². The van der Waals surface area contributed by atoms with Gasteiger partial charge in [0.05, 0.1) is 18.6 Å².